The molecule has 0 spiro atoms. The largest absolute Gasteiger partial charge is 0.508 e. The molecule has 0 aliphatic carbocycles. The Hall–Kier alpha value is 0.0200. The molecule has 1 radical (unpaired) electrons. The van der Waals surface area contributed by atoms with Crippen LogP contribution in [0.3, 0.4) is 0 Å². The average molecular weight is 145 g/mol. The van der Waals surface area contributed by atoms with Crippen LogP contribution < -0.4 is 0 Å². The standard InChI is InChI=1S/C8H10O.Na/c1-6-3-4-7(2)8(9)5-6;/h3-5,9H,1-2H3;. The van der Waals surface area contributed by atoms with Crippen LogP contribution in [0.5, 0.6) is 5.75 Å². The molecule has 0 bridgehead atoms. The second-order valence-corrected chi connectivity index (χ2v) is 2.29. The van der Waals surface area contributed by atoms with Crippen molar-refractivity contribution in [3.63, 3.8) is 0 Å². The van der Waals surface area contributed by atoms with Crippen molar-refractivity contribution in [2.45, 2.75) is 13.8 Å². The summed E-state index contributed by atoms with van der Waals surface area (Å²) in [5.41, 5.74) is 2.03. The molecule has 0 atom stereocenters. The SMILES string of the molecule is Cc1ccc(C)c(O)c1.[Na]. The molecule has 0 aliphatic rings. The monoisotopic (exact) mass is 145 g/mol. The van der Waals surface area contributed by atoms with Crippen LogP contribution >= 0.6 is 0 Å². The van der Waals surface area contributed by atoms with E-state index in [1.54, 1.807) is 6.07 Å². The minimum Gasteiger partial charge on any atom is -0.508 e. The summed E-state index contributed by atoms with van der Waals surface area (Å²) in [7, 11) is 0. The zero-order valence-electron chi connectivity index (χ0n) is 6.68. The van der Waals surface area contributed by atoms with Crippen molar-refractivity contribution in [3.05, 3.63) is 29.3 Å². The van der Waals surface area contributed by atoms with Crippen molar-refractivity contribution >= 4 is 29.6 Å². The molecule has 0 fully saturated rings. The first-order valence-electron chi connectivity index (χ1n) is 2.96. The second-order valence-electron chi connectivity index (χ2n) is 2.29. The van der Waals surface area contributed by atoms with Crippen molar-refractivity contribution in [2.75, 3.05) is 0 Å². The summed E-state index contributed by atoms with van der Waals surface area (Å²) in [4.78, 5) is 0. The number of hydrogen-bond donors (Lipinski definition) is 1. The number of benzene rings is 1. The Morgan fingerprint density at radius 2 is 1.80 bits per heavy atom. The number of phenols is 1. The molecule has 49 valence electrons. The normalized spacial score (nSPS) is 8.60. The molecular formula is C8H10NaO. The number of aryl methyl sites for hydroxylation is 2. The quantitative estimate of drug-likeness (QED) is 0.550. The molecule has 1 N–H and O–H groups in total. The van der Waals surface area contributed by atoms with Gasteiger partial charge >= 0.3 is 0 Å². The Morgan fingerprint density at radius 3 is 2.20 bits per heavy atom. The van der Waals surface area contributed by atoms with Crippen molar-refractivity contribution in [2.24, 2.45) is 0 Å². The van der Waals surface area contributed by atoms with Crippen LogP contribution in [-0.2, 0) is 0 Å². The van der Waals surface area contributed by atoms with Gasteiger partial charge in [0, 0.05) is 29.6 Å². The molecular weight excluding hydrogens is 135 g/mol. The first-order chi connectivity index (χ1) is 4.20. The van der Waals surface area contributed by atoms with Gasteiger partial charge in [0.1, 0.15) is 5.75 Å². The molecule has 0 saturated heterocycles. The van der Waals surface area contributed by atoms with Crippen molar-refractivity contribution < 1.29 is 5.11 Å². The van der Waals surface area contributed by atoms with Gasteiger partial charge in [-0.25, -0.2) is 0 Å². The van der Waals surface area contributed by atoms with E-state index in [2.05, 4.69) is 0 Å². The molecule has 10 heavy (non-hydrogen) atoms. The third kappa shape index (κ3) is 2.33. The predicted octanol–water partition coefficient (Wildman–Crippen LogP) is 1.63. The molecule has 0 aliphatic heterocycles. The summed E-state index contributed by atoms with van der Waals surface area (Å²) < 4.78 is 0. The van der Waals surface area contributed by atoms with Crippen LogP contribution in [0.1, 0.15) is 11.1 Å². The topological polar surface area (TPSA) is 20.2 Å². The summed E-state index contributed by atoms with van der Waals surface area (Å²) >= 11 is 0. The summed E-state index contributed by atoms with van der Waals surface area (Å²) in [6.07, 6.45) is 0. The van der Waals surface area contributed by atoms with Crippen LogP contribution in [0.2, 0.25) is 0 Å². The van der Waals surface area contributed by atoms with Gasteiger partial charge < -0.3 is 5.11 Å². The fourth-order valence-corrected chi connectivity index (χ4v) is 0.719. The van der Waals surface area contributed by atoms with Gasteiger partial charge in [-0.1, -0.05) is 12.1 Å². The molecule has 0 aromatic heterocycles. The minimum atomic E-state index is 0. The van der Waals surface area contributed by atoms with E-state index in [-0.39, 0.29) is 29.6 Å². The Morgan fingerprint density at radius 1 is 1.20 bits per heavy atom. The van der Waals surface area contributed by atoms with Crippen LogP contribution in [0.4, 0.5) is 0 Å². The molecule has 0 unspecified atom stereocenters. The van der Waals surface area contributed by atoms with E-state index < -0.39 is 0 Å². The second kappa shape index (κ2) is 4.02. The van der Waals surface area contributed by atoms with E-state index in [1.165, 1.54) is 0 Å². The maximum Gasteiger partial charge on any atom is 0.118 e. The van der Waals surface area contributed by atoms with Gasteiger partial charge in [0.15, 0.2) is 0 Å². The van der Waals surface area contributed by atoms with Crippen LogP contribution in [-0.4, -0.2) is 34.7 Å². The van der Waals surface area contributed by atoms with Crippen LogP contribution in [0.25, 0.3) is 0 Å². The zero-order valence-corrected chi connectivity index (χ0v) is 8.68. The molecule has 1 aromatic rings. The first kappa shape index (κ1) is 10.0. The predicted molar refractivity (Wildman–Crippen MR) is 43.3 cm³/mol. The number of rotatable bonds is 0. The van der Waals surface area contributed by atoms with Crippen molar-refractivity contribution in [3.8, 4) is 5.75 Å². The fraction of sp³-hybridized carbons (Fsp3) is 0.250. The third-order valence-electron chi connectivity index (χ3n) is 1.36. The summed E-state index contributed by atoms with van der Waals surface area (Å²) in [5.74, 6) is 0.384. The molecule has 1 rings (SSSR count). The van der Waals surface area contributed by atoms with Crippen molar-refractivity contribution in [1.29, 1.82) is 0 Å². The number of aromatic hydroxyl groups is 1. The Kier molecular flexibility index (Phi) is 4.02. The molecule has 1 nitrogen and oxygen atoms in total. The average Bonchev–Trinajstić information content (AvgIpc) is 1.80. The molecule has 2 heteroatoms. The molecule has 1 aromatic carbocycles. The summed E-state index contributed by atoms with van der Waals surface area (Å²) in [6, 6.07) is 5.65. The summed E-state index contributed by atoms with van der Waals surface area (Å²) in [6.45, 7) is 3.84. The Labute approximate surface area is 83.4 Å². The zero-order chi connectivity index (χ0) is 6.85. The van der Waals surface area contributed by atoms with Gasteiger partial charge in [0.05, 0.1) is 0 Å². The van der Waals surface area contributed by atoms with Gasteiger partial charge in [-0.3, -0.25) is 0 Å². The maximum atomic E-state index is 9.10. The summed E-state index contributed by atoms with van der Waals surface area (Å²) in [5, 5.41) is 9.10. The van der Waals surface area contributed by atoms with E-state index in [4.69, 9.17) is 5.11 Å². The minimum absolute atomic E-state index is 0. The van der Waals surface area contributed by atoms with E-state index in [9.17, 15) is 0 Å². The van der Waals surface area contributed by atoms with Gasteiger partial charge in [0.25, 0.3) is 0 Å². The fourth-order valence-electron chi connectivity index (χ4n) is 0.719. The molecule has 0 saturated carbocycles. The maximum absolute atomic E-state index is 9.10. The van der Waals surface area contributed by atoms with E-state index in [1.807, 2.05) is 26.0 Å². The van der Waals surface area contributed by atoms with E-state index in [0.29, 0.717) is 5.75 Å². The van der Waals surface area contributed by atoms with Gasteiger partial charge in [-0.15, -0.1) is 0 Å². The van der Waals surface area contributed by atoms with E-state index in [0.717, 1.165) is 11.1 Å². The van der Waals surface area contributed by atoms with Crippen LogP contribution in [0.15, 0.2) is 18.2 Å². The van der Waals surface area contributed by atoms with Gasteiger partial charge in [0.2, 0.25) is 0 Å². The Balaban J connectivity index is 0.000000810. The number of phenolic OH excluding ortho intramolecular Hbond substituents is 1. The first-order valence-corrected chi connectivity index (χ1v) is 2.96. The van der Waals surface area contributed by atoms with Crippen LogP contribution in [0, 0.1) is 13.8 Å². The number of hydrogen-bond acceptors (Lipinski definition) is 1. The van der Waals surface area contributed by atoms with Gasteiger partial charge in [-0.05, 0) is 31.0 Å². The molecule has 0 amide bonds. The third-order valence-corrected chi connectivity index (χ3v) is 1.36. The van der Waals surface area contributed by atoms with Gasteiger partial charge in [-0.2, -0.15) is 0 Å². The van der Waals surface area contributed by atoms with Crippen molar-refractivity contribution in [1.82, 2.24) is 0 Å². The molecule has 0 heterocycles. The Bertz CT molecular complexity index is 220. The smallest absolute Gasteiger partial charge is 0.118 e. The van der Waals surface area contributed by atoms with E-state index >= 15 is 0 Å².